The molecule has 3 heterocycles. The first-order chi connectivity index (χ1) is 10.8. The molecule has 1 aliphatic heterocycles. The van der Waals surface area contributed by atoms with Gasteiger partial charge in [0, 0.05) is 31.7 Å². The second-order valence-electron chi connectivity index (χ2n) is 5.41. The SMILES string of the molecule is O=C(NC1CCCCN1Cc1cccnc1)c1ccncn1. The first-order valence-corrected chi connectivity index (χ1v) is 7.53. The van der Waals surface area contributed by atoms with Crippen molar-refractivity contribution in [2.75, 3.05) is 6.54 Å². The molecule has 1 fully saturated rings. The zero-order chi connectivity index (χ0) is 15.2. The molecule has 1 saturated heterocycles. The molecule has 3 rings (SSSR count). The summed E-state index contributed by atoms with van der Waals surface area (Å²) in [5, 5.41) is 3.08. The average Bonchev–Trinajstić information content (AvgIpc) is 2.58. The number of likely N-dealkylation sites (tertiary alicyclic amines) is 1. The highest BCUT2D eigenvalue weighted by Crippen LogP contribution is 2.18. The second-order valence-corrected chi connectivity index (χ2v) is 5.41. The van der Waals surface area contributed by atoms with E-state index < -0.39 is 0 Å². The largest absolute Gasteiger partial charge is 0.335 e. The average molecular weight is 297 g/mol. The Hall–Kier alpha value is -2.34. The Kier molecular flexibility index (Phi) is 4.70. The maximum absolute atomic E-state index is 12.3. The van der Waals surface area contributed by atoms with E-state index in [1.165, 1.54) is 6.33 Å². The zero-order valence-corrected chi connectivity index (χ0v) is 12.4. The lowest BCUT2D eigenvalue weighted by Crippen LogP contribution is -2.50. The molecule has 0 aromatic carbocycles. The minimum atomic E-state index is -0.148. The van der Waals surface area contributed by atoms with E-state index in [0.717, 1.165) is 37.9 Å². The van der Waals surface area contributed by atoms with Crippen LogP contribution in [0.3, 0.4) is 0 Å². The molecule has 2 aromatic rings. The minimum absolute atomic E-state index is 0.0384. The molecule has 1 amide bonds. The zero-order valence-electron chi connectivity index (χ0n) is 12.4. The number of carbonyl (C=O) groups excluding carboxylic acids is 1. The van der Waals surface area contributed by atoms with E-state index in [9.17, 15) is 4.79 Å². The number of nitrogens with zero attached hydrogens (tertiary/aromatic N) is 4. The Labute approximate surface area is 129 Å². The standard InChI is InChI=1S/C16H19N5O/c22-16(14-6-8-18-12-19-14)20-15-5-1-2-9-21(15)11-13-4-3-7-17-10-13/h3-4,6-8,10,12,15H,1-2,5,9,11H2,(H,20,22). The van der Waals surface area contributed by atoms with Gasteiger partial charge in [-0.1, -0.05) is 6.07 Å². The predicted octanol–water partition coefficient (Wildman–Crippen LogP) is 1.61. The van der Waals surface area contributed by atoms with Crippen LogP contribution in [0.25, 0.3) is 0 Å². The number of hydrogen-bond donors (Lipinski definition) is 1. The van der Waals surface area contributed by atoms with E-state index in [1.54, 1.807) is 18.5 Å². The molecule has 0 bridgehead atoms. The number of hydrogen-bond acceptors (Lipinski definition) is 5. The van der Waals surface area contributed by atoms with Gasteiger partial charge in [-0.3, -0.25) is 14.7 Å². The van der Waals surface area contributed by atoms with Gasteiger partial charge in [-0.15, -0.1) is 0 Å². The second kappa shape index (κ2) is 7.09. The van der Waals surface area contributed by atoms with Crippen LogP contribution in [-0.4, -0.2) is 38.5 Å². The van der Waals surface area contributed by atoms with Crippen molar-refractivity contribution in [1.82, 2.24) is 25.2 Å². The Bertz CT molecular complexity index is 604. The fourth-order valence-electron chi connectivity index (χ4n) is 2.72. The van der Waals surface area contributed by atoms with E-state index >= 15 is 0 Å². The van der Waals surface area contributed by atoms with Crippen molar-refractivity contribution in [1.29, 1.82) is 0 Å². The van der Waals surface area contributed by atoms with Crippen molar-refractivity contribution < 1.29 is 4.79 Å². The van der Waals surface area contributed by atoms with Crippen LogP contribution in [0.2, 0.25) is 0 Å². The van der Waals surface area contributed by atoms with Crippen molar-refractivity contribution in [3.05, 3.63) is 54.4 Å². The normalized spacial score (nSPS) is 18.8. The smallest absolute Gasteiger partial charge is 0.271 e. The van der Waals surface area contributed by atoms with Crippen LogP contribution >= 0.6 is 0 Å². The summed E-state index contributed by atoms with van der Waals surface area (Å²) >= 11 is 0. The molecule has 1 atom stereocenters. The summed E-state index contributed by atoms with van der Waals surface area (Å²) in [6, 6.07) is 5.63. The summed E-state index contributed by atoms with van der Waals surface area (Å²) in [6.07, 6.45) is 9.89. The molecule has 2 aromatic heterocycles. The van der Waals surface area contributed by atoms with Gasteiger partial charge >= 0.3 is 0 Å². The third kappa shape index (κ3) is 3.65. The van der Waals surface area contributed by atoms with Crippen molar-refractivity contribution >= 4 is 5.91 Å². The highest BCUT2D eigenvalue weighted by molar-refractivity contribution is 5.92. The number of rotatable bonds is 4. The third-order valence-corrected chi connectivity index (χ3v) is 3.83. The lowest BCUT2D eigenvalue weighted by molar-refractivity contribution is 0.0748. The van der Waals surface area contributed by atoms with Gasteiger partial charge in [0.05, 0.1) is 6.17 Å². The van der Waals surface area contributed by atoms with Crippen LogP contribution in [-0.2, 0) is 6.54 Å². The van der Waals surface area contributed by atoms with Crippen molar-refractivity contribution in [2.24, 2.45) is 0 Å². The van der Waals surface area contributed by atoms with E-state index in [-0.39, 0.29) is 12.1 Å². The fraction of sp³-hybridized carbons (Fsp3) is 0.375. The van der Waals surface area contributed by atoms with Crippen molar-refractivity contribution in [3.63, 3.8) is 0 Å². The Balaban J connectivity index is 1.66. The quantitative estimate of drug-likeness (QED) is 0.928. The Morgan fingerprint density at radius 3 is 3.00 bits per heavy atom. The van der Waals surface area contributed by atoms with Gasteiger partial charge < -0.3 is 5.32 Å². The summed E-state index contributed by atoms with van der Waals surface area (Å²) < 4.78 is 0. The van der Waals surface area contributed by atoms with Gasteiger partial charge in [-0.25, -0.2) is 9.97 Å². The topological polar surface area (TPSA) is 71.0 Å². The number of carbonyl (C=O) groups is 1. The molecule has 1 unspecified atom stereocenters. The number of amides is 1. The molecular formula is C16H19N5O. The summed E-state index contributed by atoms with van der Waals surface area (Å²) in [6.45, 7) is 1.77. The lowest BCUT2D eigenvalue weighted by atomic mass is 10.1. The van der Waals surface area contributed by atoms with E-state index in [0.29, 0.717) is 5.69 Å². The number of aromatic nitrogens is 3. The van der Waals surface area contributed by atoms with Crippen LogP contribution in [0.1, 0.15) is 35.3 Å². The molecule has 6 heteroatoms. The van der Waals surface area contributed by atoms with Crippen LogP contribution in [0.5, 0.6) is 0 Å². The maximum Gasteiger partial charge on any atom is 0.271 e. The number of piperidine rings is 1. The van der Waals surface area contributed by atoms with Crippen LogP contribution in [0.4, 0.5) is 0 Å². The molecule has 0 saturated carbocycles. The highest BCUT2D eigenvalue weighted by Gasteiger charge is 2.24. The van der Waals surface area contributed by atoms with E-state index in [1.807, 2.05) is 12.3 Å². The molecule has 0 aliphatic carbocycles. The summed E-state index contributed by atoms with van der Waals surface area (Å²) in [7, 11) is 0. The molecule has 114 valence electrons. The molecule has 6 nitrogen and oxygen atoms in total. The molecule has 1 aliphatic rings. The van der Waals surface area contributed by atoms with E-state index in [4.69, 9.17) is 0 Å². The first-order valence-electron chi connectivity index (χ1n) is 7.53. The Morgan fingerprint density at radius 2 is 2.23 bits per heavy atom. The van der Waals surface area contributed by atoms with Crippen molar-refractivity contribution in [3.8, 4) is 0 Å². The third-order valence-electron chi connectivity index (χ3n) is 3.83. The summed E-state index contributed by atoms with van der Waals surface area (Å²) in [5.74, 6) is -0.148. The van der Waals surface area contributed by atoms with Crippen LogP contribution < -0.4 is 5.32 Å². The minimum Gasteiger partial charge on any atom is -0.335 e. The molecule has 0 radical (unpaired) electrons. The van der Waals surface area contributed by atoms with Gasteiger partial charge in [0.15, 0.2) is 0 Å². The van der Waals surface area contributed by atoms with Gasteiger partial charge in [-0.05, 0) is 37.0 Å². The van der Waals surface area contributed by atoms with Gasteiger partial charge in [-0.2, -0.15) is 0 Å². The summed E-state index contributed by atoms with van der Waals surface area (Å²) in [4.78, 5) is 26.6. The molecule has 0 spiro atoms. The fourth-order valence-corrected chi connectivity index (χ4v) is 2.72. The van der Waals surface area contributed by atoms with Gasteiger partial charge in [0.25, 0.3) is 5.91 Å². The molecule has 22 heavy (non-hydrogen) atoms. The van der Waals surface area contributed by atoms with E-state index in [2.05, 4.69) is 31.2 Å². The predicted molar refractivity (Wildman–Crippen MR) is 81.8 cm³/mol. The lowest BCUT2D eigenvalue weighted by Gasteiger charge is -2.36. The summed E-state index contributed by atoms with van der Waals surface area (Å²) in [5.41, 5.74) is 1.56. The number of nitrogens with one attached hydrogen (secondary N) is 1. The van der Waals surface area contributed by atoms with Crippen LogP contribution in [0, 0.1) is 0 Å². The number of pyridine rings is 1. The Morgan fingerprint density at radius 1 is 1.27 bits per heavy atom. The van der Waals surface area contributed by atoms with Gasteiger partial charge in [0.2, 0.25) is 0 Å². The van der Waals surface area contributed by atoms with Gasteiger partial charge in [0.1, 0.15) is 12.0 Å². The maximum atomic E-state index is 12.3. The molecule has 1 N–H and O–H groups in total. The van der Waals surface area contributed by atoms with Crippen molar-refractivity contribution in [2.45, 2.75) is 32.0 Å². The monoisotopic (exact) mass is 297 g/mol. The molecular weight excluding hydrogens is 278 g/mol. The highest BCUT2D eigenvalue weighted by atomic mass is 16.2. The first kappa shape index (κ1) is 14.6. The van der Waals surface area contributed by atoms with Crippen LogP contribution in [0.15, 0.2) is 43.1 Å².